The molecule has 1 aromatic rings. The topological polar surface area (TPSA) is 38.3 Å². The Morgan fingerprint density at radius 1 is 1.35 bits per heavy atom. The van der Waals surface area contributed by atoms with Crippen LogP contribution in [-0.2, 0) is 4.74 Å². The number of nitrogens with one attached hydrogen (secondary N) is 1. The van der Waals surface area contributed by atoms with E-state index in [1.54, 1.807) is 18.2 Å². The van der Waals surface area contributed by atoms with Crippen LogP contribution in [0.3, 0.4) is 0 Å². The third-order valence-corrected chi connectivity index (χ3v) is 4.10. The van der Waals surface area contributed by atoms with Crippen molar-refractivity contribution in [2.45, 2.75) is 43.1 Å². The number of hydrogen-bond donors (Lipinski definition) is 2. The number of halogens is 1. The monoisotopic (exact) mass is 313 g/mol. The van der Waals surface area contributed by atoms with Crippen LogP contribution < -0.4 is 5.32 Å². The molecule has 0 unspecified atom stereocenters. The van der Waals surface area contributed by atoms with Crippen LogP contribution in [0.15, 0.2) is 23.1 Å². The summed E-state index contributed by atoms with van der Waals surface area (Å²) in [6.07, 6.45) is 6.46. The van der Waals surface area contributed by atoms with Gasteiger partial charge in [-0.25, -0.2) is 0 Å². The number of benzene rings is 1. The van der Waals surface area contributed by atoms with E-state index in [4.69, 9.17) is 16.3 Å². The van der Waals surface area contributed by atoms with Gasteiger partial charge in [-0.2, -0.15) is 0 Å². The molecule has 0 atom stereocenters. The summed E-state index contributed by atoms with van der Waals surface area (Å²) in [7, 11) is 0. The van der Waals surface area contributed by atoms with Gasteiger partial charge >= 0.3 is 0 Å². The van der Waals surface area contributed by atoms with Crippen LogP contribution in [0.25, 0.3) is 0 Å². The Labute approximate surface area is 130 Å². The second-order valence-electron chi connectivity index (χ2n) is 5.05. The van der Waals surface area contributed by atoms with Crippen molar-refractivity contribution in [2.24, 2.45) is 0 Å². The van der Waals surface area contributed by atoms with Gasteiger partial charge in [0, 0.05) is 11.4 Å². The summed E-state index contributed by atoms with van der Waals surface area (Å²) in [5.74, 6) is -0.182. The minimum Gasteiger partial charge on any atom is -0.376 e. The number of ether oxygens (including phenoxy) is 1. The number of amides is 1. The van der Waals surface area contributed by atoms with Gasteiger partial charge in [-0.3, -0.25) is 4.79 Å². The molecule has 3 nitrogen and oxygen atoms in total. The maximum Gasteiger partial charge on any atom is 0.252 e. The predicted molar refractivity (Wildman–Crippen MR) is 83.9 cm³/mol. The summed E-state index contributed by atoms with van der Waals surface area (Å²) < 4.78 is 5.76. The average Bonchev–Trinajstić information content (AvgIpc) is 2.47. The Morgan fingerprint density at radius 3 is 2.85 bits per heavy atom. The van der Waals surface area contributed by atoms with Gasteiger partial charge in [0.1, 0.15) is 0 Å². The molecule has 5 heteroatoms. The van der Waals surface area contributed by atoms with Gasteiger partial charge in [0.2, 0.25) is 0 Å². The zero-order valence-corrected chi connectivity index (χ0v) is 13.1. The largest absolute Gasteiger partial charge is 0.376 e. The molecule has 1 aliphatic carbocycles. The van der Waals surface area contributed by atoms with E-state index in [2.05, 4.69) is 17.9 Å². The van der Waals surface area contributed by atoms with E-state index < -0.39 is 0 Å². The fourth-order valence-corrected chi connectivity index (χ4v) is 2.81. The molecular weight excluding hydrogens is 294 g/mol. The van der Waals surface area contributed by atoms with Gasteiger partial charge < -0.3 is 10.1 Å². The standard InChI is InChI=1S/C15H20ClNO2S/c16-14-7-6-12(20)10-13(14)15(18)17-8-9-19-11-4-2-1-3-5-11/h6-7,10-11,20H,1-5,8-9H2,(H,17,18). The summed E-state index contributed by atoms with van der Waals surface area (Å²) in [5, 5.41) is 3.26. The van der Waals surface area contributed by atoms with Crippen LogP contribution in [0.1, 0.15) is 42.5 Å². The lowest BCUT2D eigenvalue weighted by Crippen LogP contribution is -2.29. The lowest BCUT2D eigenvalue weighted by Gasteiger charge is -2.22. The van der Waals surface area contributed by atoms with E-state index in [1.165, 1.54) is 19.3 Å². The highest BCUT2D eigenvalue weighted by Crippen LogP contribution is 2.20. The molecule has 20 heavy (non-hydrogen) atoms. The third kappa shape index (κ3) is 4.69. The highest BCUT2D eigenvalue weighted by molar-refractivity contribution is 7.80. The van der Waals surface area contributed by atoms with Crippen molar-refractivity contribution in [2.75, 3.05) is 13.2 Å². The third-order valence-electron chi connectivity index (χ3n) is 3.49. The maximum absolute atomic E-state index is 12.0. The van der Waals surface area contributed by atoms with Crippen LogP contribution in [0, 0.1) is 0 Å². The molecule has 0 heterocycles. The first-order valence-corrected chi connectivity index (χ1v) is 7.87. The SMILES string of the molecule is O=C(NCCOC1CCCCC1)c1cc(S)ccc1Cl. The fourth-order valence-electron chi connectivity index (χ4n) is 2.40. The van der Waals surface area contributed by atoms with Crippen molar-refractivity contribution in [1.29, 1.82) is 0 Å². The smallest absolute Gasteiger partial charge is 0.252 e. The summed E-state index contributed by atoms with van der Waals surface area (Å²) in [4.78, 5) is 12.7. The summed E-state index contributed by atoms with van der Waals surface area (Å²) in [5.41, 5.74) is 0.455. The zero-order valence-electron chi connectivity index (χ0n) is 11.4. The quantitative estimate of drug-likeness (QED) is 0.642. The first-order valence-electron chi connectivity index (χ1n) is 7.05. The maximum atomic E-state index is 12.0. The van der Waals surface area contributed by atoms with Crippen LogP contribution in [0.4, 0.5) is 0 Å². The van der Waals surface area contributed by atoms with E-state index in [1.807, 2.05) is 0 Å². The van der Waals surface area contributed by atoms with Crippen molar-refractivity contribution in [3.63, 3.8) is 0 Å². The van der Waals surface area contributed by atoms with Gasteiger partial charge in [-0.15, -0.1) is 12.6 Å². The molecule has 1 fully saturated rings. The molecule has 0 spiro atoms. The summed E-state index contributed by atoms with van der Waals surface area (Å²) >= 11 is 10.2. The molecule has 0 aliphatic heterocycles. The molecule has 0 saturated heterocycles. The van der Waals surface area contributed by atoms with E-state index in [9.17, 15) is 4.79 Å². The number of carbonyl (C=O) groups is 1. The van der Waals surface area contributed by atoms with E-state index in [0.717, 1.165) is 17.7 Å². The number of rotatable bonds is 5. The molecule has 1 saturated carbocycles. The molecular formula is C15H20ClNO2S. The average molecular weight is 314 g/mol. The highest BCUT2D eigenvalue weighted by atomic mass is 35.5. The van der Waals surface area contributed by atoms with E-state index in [-0.39, 0.29) is 5.91 Å². The first-order chi connectivity index (χ1) is 9.66. The van der Waals surface area contributed by atoms with Crippen molar-refractivity contribution >= 4 is 30.1 Å². The van der Waals surface area contributed by atoms with Crippen molar-refractivity contribution in [1.82, 2.24) is 5.32 Å². The second-order valence-corrected chi connectivity index (χ2v) is 5.97. The lowest BCUT2D eigenvalue weighted by atomic mass is 9.98. The van der Waals surface area contributed by atoms with E-state index in [0.29, 0.717) is 29.8 Å². The fraction of sp³-hybridized carbons (Fsp3) is 0.533. The molecule has 0 bridgehead atoms. The minimum atomic E-state index is -0.182. The van der Waals surface area contributed by atoms with E-state index >= 15 is 0 Å². The second kappa shape index (κ2) is 7.91. The van der Waals surface area contributed by atoms with Crippen molar-refractivity contribution < 1.29 is 9.53 Å². The Kier molecular flexibility index (Phi) is 6.20. The summed E-state index contributed by atoms with van der Waals surface area (Å²) in [6, 6.07) is 5.11. The van der Waals surface area contributed by atoms with Gasteiger partial charge in [0.05, 0.1) is 23.3 Å². The van der Waals surface area contributed by atoms with Crippen LogP contribution >= 0.6 is 24.2 Å². The molecule has 0 aromatic heterocycles. The van der Waals surface area contributed by atoms with Crippen LogP contribution in [0.5, 0.6) is 0 Å². The van der Waals surface area contributed by atoms with Crippen LogP contribution in [0.2, 0.25) is 5.02 Å². The molecule has 2 rings (SSSR count). The highest BCUT2D eigenvalue weighted by Gasteiger charge is 2.14. The Balaban J connectivity index is 1.73. The van der Waals surface area contributed by atoms with Crippen molar-refractivity contribution in [3.05, 3.63) is 28.8 Å². The predicted octanol–water partition coefficient (Wildman–Crippen LogP) is 3.71. The Bertz CT molecular complexity index is 461. The molecule has 0 radical (unpaired) electrons. The molecule has 110 valence electrons. The normalized spacial score (nSPS) is 16.1. The van der Waals surface area contributed by atoms with Crippen molar-refractivity contribution in [3.8, 4) is 0 Å². The number of hydrogen-bond acceptors (Lipinski definition) is 3. The Morgan fingerprint density at radius 2 is 2.10 bits per heavy atom. The lowest BCUT2D eigenvalue weighted by molar-refractivity contribution is 0.0299. The molecule has 1 aliphatic rings. The zero-order chi connectivity index (χ0) is 14.4. The van der Waals surface area contributed by atoms with Gasteiger partial charge in [-0.1, -0.05) is 30.9 Å². The van der Waals surface area contributed by atoms with Gasteiger partial charge in [0.15, 0.2) is 0 Å². The molecule has 1 N–H and O–H groups in total. The summed E-state index contributed by atoms with van der Waals surface area (Å²) in [6.45, 7) is 1.05. The minimum absolute atomic E-state index is 0.182. The Hall–Kier alpha value is -0.710. The number of thiol groups is 1. The molecule has 1 amide bonds. The van der Waals surface area contributed by atoms with Gasteiger partial charge in [-0.05, 0) is 31.0 Å². The molecule has 1 aromatic carbocycles. The van der Waals surface area contributed by atoms with Gasteiger partial charge in [0.25, 0.3) is 5.91 Å². The van der Waals surface area contributed by atoms with Crippen LogP contribution in [-0.4, -0.2) is 25.2 Å². The number of carbonyl (C=O) groups excluding carboxylic acids is 1. The first kappa shape index (κ1) is 15.7.